The monoisotopic (exact) mass is 364 g/mol. The minimum Gasteiger partial charge on any atom is -1.00 e. The summed E-state index contributed by atoms with van der Waals surface area (Å²) < 4.78 is 0. The minimum absolute atomic E-state index is 0. The molecule has 0 amide bonds. The van der Waals surface area contributed by atoms with E-state index in [2.05, 4.69) is 25.2 Å². The molecule has 0 aliphatic heterocycles. The maximum absolute atomic E-state index is 3.12. The van der Waals surface area contributed by atoms with E-state index < -0.39 is 0 Å². The Morgan fingerprint density at radius 1 is 1.30 bits per heavy atom. The molecule has 56 valence electrons. The van der Waals surface area contributed by atoms with Crippen LogP contribution in [0, 0.1) is 6.08 Å². The summed E-state index contributed by atoms with van der Waals surface area (Å²) >= 11 is 0. The van der Waals surface area contributed by atoms with E-state index in [-0.39, 0.29) is 63.1 Å². The molecular formula is C6H7Cl3Hf. The van der Waals surface area contributed by atoms with E-state index in [1.165, 1.54) is 5.57 Å². The average Bonchev–Trinajstić information content (AvgIpc) is 1.86. The van der Waals surface area contributed by atoms with Crippen LogP contribution in [-0.4, -0.2) is 0 Å². The molecule has 0 bridgehead atoms. The van der Waals surface area contributed by atoms with Crippen LogP contribution in [0.15, 0.2) is 17.7 Å². The Kier molecular flexibility index (Phi) is 28.9. The summed E-state index contributed by atoms with van der Waals surface area (Å²) in [7, 11) is 0. The standard InChI is InChI=1S/C6H7.3ClH.Hf/c1-6-4-2-3-5-6;;;;/h2,4H,3H2,1H3;3*1H;/q-1;;;;+4/p-3. The summed E-state index contributed by atoms with van der Waals surface area (Å²) in [6, 6.07) is 0. The molecule has 0 nitrogen and oxygen atoms in total. The van der Waals surface area contributed by atoms with Crippen molar-refractivity contribution in [3.63, 3.8) is 0 Å². The normalized spacial score (nSPS) is 11.1. The Morgan fingerprint density at radius 3 is 1.90 bits per heavy atom. The molecule has 1 aliphatic rings. The molecule has 0 radical (unpaired) electrons. The maximum Gasteiger partial charge on any atom is 4.00 e. The van der Waals surface area contributed by atoms with Crippen LogP contribution in [0.1, 0.15) is 13.3 Å². The third kappa shape index (κ3) is 9.22. The minimum atomic E-state index is 0. The fraction of sp³-hybridized carbons (Fsp3) is 0.333. The predicted octanol–water partition coefficient (Wildman–Crippen LogP) is -7.29. The molecule has 4 heteroatoms. The first-order valence-electron chi connectivity index (χ1n) is 2.13. The summed E-state index contributed by atoms with van der Waals surface area (Å²) in [6.07, 6.45) is 8.33. The van der Waals surface area contributed by atoms with Crippen molar-refractivity contribution in [3.05, 3.63) is 23.8 Å². The molecule has 0 atom stereocenters. The summed E-state index contributed by atoms with van der Waals surface area (Å²) in [5, 5.41) is 0. The molecule has 0 N–H and O–H groups in total. The van der Waals surface area contributed by atoms with Crippen molar-refractivity contribution in [2.45, 2.75) is 13.3 Å². The van der Waals surface area contributed by atoms with Crippen LogP contribution in [-0.2, 0) is 25.8 Å². The van der Waals surface area contributed by atoms with Gasteiger partial charge in [0, 0.05) is 0 Å². The summed E-state index contributed by atoms with van der Waals surface area (Å²) in [6.45, 7) is 2.06. The van der Waals surface area contributed by atoms with E-state index in [4.69, 9.17) is 0 Å². The van der Waals surface area contributed by atoms with Crippen molar-refractivity contribution in [3.8, 4) is 0 Å². The smallest absolute Gasteiger partial charge is 1.00 e. The van der Waals surface area contributed by atoms with Crippen LogP contribution >= 0.6 is 0 Å². The van der Waals surface area contributed by atoms with E-state index in [1.54, 1.807) is 0 Å². The Bertz CT molecular complexity index is 107. The molecule has 0 saturated carbocycles. The number of hydrogen-bond acceptors (Lipinski definition) is 0. The molecular weight excluding hydrogens is 357 g/mol. The second-order valence-electron chi connectivity index (χ2n) is 1.47. The van der Waals surface area contributed by atoms with Gasteiger partial charge in [-0.25, -0.2) is 11.6 Å². The quantitative estimate of drug-likeness (QED) is 0.296. The Balaban J connectivity index is -0.0000000450. The van der Waals surface area contributed by atoms with E-state index in [0.717, 1.165) is 6.42 Å². The van der Waals surface area contributed by atoms with Gasteiger partial charge in [-0.3, -0.25) is 6.08 Å². The second-order valence-corrected chi connectivity index (χ2v) is 1.47. The van der Waals surface area contributed by atoms with Crippen LogP contribution in [0.4, 0.5) is 0 Å². The Morgan fingerprint density at radius 2 is 1.80 bits per heavy atom. The van der Waals surface area contributed by atoms with Gasteiger partial charge in [0.15, 0.2) is 0 Å². The largest absolute Gasteiger partial charge is 4.00 e. The van der Waals surface area contributed by atoms with Gasteiger partial charge in [0.25, 0.3) is 0 Å². The predicted molar refractivity (Wildman–Crippen MR) is 26.2 cm³/mol. The van der Waals surface area contributed by atoms with Gasteiger partial charge in [-0.2, -0.15) is 6.08 Å². The van der Waals surface area contributed by atoms with Crippen molar-refractivity contribution in [1.29, 1.82) is 0 Å². The third-order valence-corrected chi connectivity index (χ3v) is 0.867. The summed E-state index contributed by atoms with van der Waals surface area (Å²) in [5.41, 5.74) is 1.27. The SMILES string of the molecule is CC1=[C-]CC=C1.[Cl-].[Cl-].[Cl-].[Hf+4]. The third-order valence-electron chi connectivity index (χ3n) is 0.867. The second kappa shape index (κ2) is 12.9. The molecule has 1 rings (SSSR count). The van der Waals surface area contributed by atoms with Gasteiger partial charge in [0.2, 0.25) is 0 Å². The van der Waals surface area contributed by atoms with Gasteiger partial charge < -0.3 is 37.2 Å². The number of allylic oxidation sites excluding steroid dienone is 4. The Labute approximate surface area is 99.5 Å². The van der Waals surface area contributed by atoms with Gasteiger partial charge in [-0.1, -0.05) is 6.92 Å². The molecule has 0 unspecified atom stereocenters. The molecule has 0 spiro atoms. The molecule has 0 saturated heterocycles. The van der Waals surface area contributed by atoms with Crippen molar-refractivity contribution >= 4 is 0 Å². The first-order valence-corrected chi connectivity index (χ1v) is 2.13. The molecule has 0 aromatic rings. The van der Waals surface area contributed by atoms with Gasteiger partial charge in [0.05, 0.1) is 0 Å². The summed E-state index contributed by atoms with van der Waals surface area (Å²) in [4.78, 5) is 0. The first-order chi connectivity index (χ1) is 2.89. The van der Waals surface area contributed by atoms with Gasteiger partial charge in [0.1, 0.15) is 0 Å². The van der Waals surface area contributed by atoms with Crippen LogP contribution in [0.5, 0.6) is 0 Å². The van der Waals surface area contributed by atoms with Gasteiger partial charge >= 0.3 is 25.8 Å². The molecule has 0 heterocycles. The molecule has 0 aromatic carbocycles. The summed E-state index contributed by atoms with van der Waals surface area (Å²) in [5.74, 6) is 0. The zero-order chi connectivity index (χ0) is 4.41. The van der Waals surface area contributed by atoms with E-state index in [0.29, 0.717) is 0 Å². The topological polar surface area (TPSA) is 0 Å². The average molecular weight is 364 g/mol. The van der Waals surface area contributed by atoms with Crippen LogP contribution in [0.25, 0.3) is 0 Å². The van der Waals surface area contributed by atoms with E-state index in [1.807, 2.05) is 0 Å². The number of hydrogen-bond donors (Lipinski definition) is 0. The zero-order valence-electron chi connectivity index (χ0n) is 5.50. The number of halogens is 3. The first kappa shape index (κ1) is 22.5. The van der Waals surface area contributed by atoms with E-state index in [9.17, 15) is 0 Å². The zero-order valence-corrected chi connectivity index (χ0v) is 11.4. The van der Waals surface area contributed by atoms with Crippen molar-refractivity contribution in [2.24, 2.45) is 0 Å². The van der Waals surface area contributed by atoms with Crippen LogP contribution in [0.2, 0.25) is 0 Å². The van der Waals surface area contributed by atoms with Crippen molar-refractivity contribution in [1.82, 2.24) is 0 Å². The fourth-order valence-corrected chi connectivity index (χ4v) is 0.515. The number of rotatable bonds is 0. The van der Waals surface area contributed by atoms with Crippen molar-refractivity contribution in [2.75, 3.05) is 0 Å². The van der Waals surface area contributed by atoms with Crippen LogP contribution < -0.4 is 37.2 Å². The fourth-order valence-electron chi connectivity index (χ4n) is 0.515. The molecule has 0 fully saturated rings. The Hall–Kier alpha value is 1.22. The van der Waals surface area contributed by atoms with Gasteiger partial charge in [-0.05, 0) is 0 Å². The van der Waals surface area contributed by atoms with E-state index >= 15 is 0 Å². The maximum atomic E-state index is 3.12. The molecule has 10 heavy (non-hydrogen) atoms. The van der Waals surface area contributed by atoms with Crippen molar-refractivity contribution < 1.29 is 63.1 Å². The van der Waals surface area contributed by atoms with Gasteiger partial charge in [-0.15, -0.1) is 6.42 Å². The molecule has 0 aromatic heterocycles. The van der Waals surface area contributed by atoms with Crippen LogP contribution in [0.3, 0.4) is 0 Å². The molecule has 1 aliphatic carbocycles.